The average molecular weight is 305 g/mol. The van der Waals surface area contributed by atoms with E-state index in [1.165, 1.54) is 0 Å². The van der Waals surface area contributed by atoms with Crippen molar-refractivity contribution in [1.82, 2.24) is 0 Å². The molecular formula is C14H12Cl2LiOP. The normalized spacial score (nSPS) is 10.5. The summed E-state index contributed by atoms with van der Waals surface area (Å²) < 4.78 is 0. The van der Waals surface area contributed by atoms with Crippen LogP contribution in [0.4, 0.5) is 0 Å². The zero-order chi connectivity index (χ0) is 13.1. The summed E-state index contributed by atoms with van der Waals surface area (Å²) in [5, 5.41) is 1.85. The molecule has 0 radical (unpaired) electrons. The fraction of sp³-hybridized carbons (Fsp3) is 0.0714. The zero-order valence-corrected chi connectivity index (χ0v) is 12.2. The van der Waals surface area contributed by atoms with E-state index in [9.17, 15) is 4.79 Å². The fourth-order valence-electron chi connectivity index (χ4n) is 1.58. The molecule has 1 unspecified atom stereocenters. The first-order valence-electron chi connectivity index (χ1n) is 5.40. The van der Waals surface area contributed by atoms with E-state index < -0.39 is 0 Å². The van der Waals surface area contributed by atoms with Crippen molar-refractivity contribution in [2.24, 2.45) is 0 Å². The van der Waals surface area contributed by atoms with Crippen LogP contribution in [-0.4, -0.2) is 24.4 Å². The van der Waals surface area contributed by atoms with Crippen LogP contribution < -0.4 is 5.30 Å². The molecule has 1 atom stereocenters. The number of hydrogen-bond acceptors (Lipinski definition) is 1. The van der Waals surface area contributed by atoms with Crippen LogP contribution in [0, 0.1) is 6.92 Å². The Morgan fingerprint density at radius 1 is 1.05 bits per heavy atom. The topological polar surface area (TPSA) is 17.1 Å². The van der Waals surface area contributed by atoms with Crippen LogP contribution in [-0.2, 0) is 0 Å². The van der Waals surface area contributed by atoms with E-state index in [-0.39, 0.29) is 33.0 Å². The van der Waals surface area contributed by atoms with Crippen molar-refractivity contribution in [2.75, 3.05) is 0 Å². The molecule has 1 nitrogen and oxygen atoms in total. The number of halogens is 2. The van der Waals surface area contributed by atoms with Crippen molar-refractivity contribution < 1.29 is 4.79 Å². The summed E-state index contributed by atoms with van der Waals surface area (Å²) >= 11 is 12.2. The minimum atomic E-state index is -0.0279. The van der Waals surface area contributed by atoms with Crippen LogP contribution in [0.15, 0.2) is 42.5 Å². The van der Waals surface area contributed by atoms with E-state index in [1.54, 1.807) is 6.07 Å². The summed E-state index contributed by atoms with van der Waals surface area (Å²) in [6.07, 6.45) is 0. The quantitative estimate of drug-likeness (QED) is 0.623. The predicted molar refractivity (Wildman–Crippen MR) is 87.1 cm³/mol. The molecule has 0 fully saturated rings. The van der Waals surface area contributed by atoms with Crippen LogP contribution in [0.3, 0.4) is 0 Å². The van der Waals surface area contributed by atoms with Gasteiger partial charge in [-0.15, -0.1) is 0 Å². The van der Waals surface area contributed by atoms with Gasteiger partial charge in [0.1, 0.15) is 0 Å². The Balaban J connectivity index is 0.00000180. The summed E-state index contributed by atoms with van der Waals surface area (Å²) in [5.74, 6) is 0. The molecule has 0 amide bonds. The van der Waals surface area contributed by atoms with Crippen LogP contribution in [0.2, 0.25) is 10.0 Å². The van der Waals surface area contributed by atoms with Gasteiger partial charge in [-0.2, -0.15) is 0 Å². The first-order valence-corrected chi connectivity index (χ1v) is 7.16. The van der Waals surface area contributed by atoms with E-state index >= 15 is 0 Å². The van der Waals surface area contributed by atoms with Crippen LogP contribution in [0.5, 0.6) is 0 Å². The fourth-order valence-corrected chi connectivity index (χ4v) is 3.29. The van der Waals surface area contributed by atoms with Crippen molar-refractivity contribution in [2.45, 2.75) is 6.92 Å². The van der Waals surface area contributed by atoms with E-state index in [4.69, 9.17) is 23.2 Å². The molecule has 2 aromatic rings. The second kappa shape index (κ2) is 7.49. The molecule has 0 saturated carbocycles. The summed E-state index contributed by atoms with van der Waals surface area (Å²) in [6, 6.07) is 13.1. The van der Waals surface area contributed by atoms with Gasteiger partial charge in [-0.05, 0) is 32.4 Å². The third-order valence-electron chi connectivity index (χ3n) is 2.54. The molecule has 0 N–H and O–H groups in total. The third kappa shape index (κ3) is 4.09. The van der Waals surface area contributed by atoms with Gasteiger partial charge in [0.15, 0.2) is 5.52 Å². The molecule has 5 heteroatoms. The Morgan fingerprint density at radius 3 is 2.32 bits per heavy atom. The monoisotopic (exact) mass is 304 g/mol. The molecule has 0 aliphatic carbocycles. The summed E-state index contributed by atoms with van der Waals surface area (Å²) in [5.41, 5.74) is 1.27. The predicted octanol–water partition coefficient (Wildman–Crippen LogP) is 3.80. The van der Waals surface area contributed by atoms with Gasteiger partial charge in [0.2, 0.25) is 0 Å². The molecular weight excluding hydrogens is 293 g/mol. The number of carbonyl (C=O) groups excluding carboxylic acids is 1. The van der Waals surface area contributed by atoms with Gasteiger partial charge < -0.3 is 0 Å². The first kappa shape index (κ1) is 16.8. The van der Waals surface area contributed by atoms with E-state index in [0.29, 0.717) is 15.6 Å². The Kier molecular flexibility index (Phi) is 6.61. The van der Waals surface area contributed by atoms with Gasteiger partial charge in [-0.1, -0.05) is 59.6 Å². The van der Waals surface area contributed by atoms with Gasteiger partial charge in [0.25, 0.3) is 0 Å². The van der Waals surface area contributed by atoms with Crippen molar-refractivity contribution in [1.29, 1.82) is 0 Å². The summed E-state index contributed by atoms with van der Waals surface area (Å²) in [7, 11) is 0.0370. The zero-order valence-electron chi connectivity index (χ0n) is 9.71. The summed E-state index contributed by atoms with van der Waals surface area (Å²) in [4.78, 5) is 12.3. The second-order valence-electron chi connectivity index (χ2n) is 3.87. The number of benzene rings is 2. The van der Waals surface area contributed by atoms with Gasteiger partial charge in [0.05, 0.1) is 15.6 Å². The van der Waals surface area contributed by atoms with Gasteiger partial charge in [-0.25, -0.2) is 0 Å². The Bertz CT molecular complexity index is 587. The van der Waals surface area contributed by atoms with Crippen molar-refractivity contribution in [3.05, 3.63) is 63.6 Å². The Hall–Kier alpha value is -0.283. The number of hydrogen-bond donors (Lipinski definition) is 0. The molecule has 2 aromatic carbocycles. The molecule has 19 heavy (non-hydrogen) atoms. The van der Waals surface area contributed by atoms with Crippen molar-refractivity contribution >= 4 is 61.5 Å². The van der Waals surface area contributed by atoms with Crippen LogP contribution in [0.25, 0.3) is 0 Å². The van der Waals surface area contributed by atoms with Gasteiger partial charge in [-0.3, -0.25) is 4.79 Å². The average Bonchev–Trinajstić information content (AvgIpc) is 2.36. The van der Waals surface area contributed by atoms with Crippen LogP contribution >= 0.6 is 31.8 Å². The molecule has 0 aliphatic rings. The molecule has 0 saturated heterocycles. The molecule has 2 rings (SSSR count). The first-order chi connectivity index (χ1) is 8.59. The minimum absolute atomic E-state index is 0. The molecule has 0 aromatic heterocycles. The van der Waals surface area contributed by atoms with E-state index in [2.05, 4.69) is 0 Å². The van der Waals surface area contributed by atoms with Gasteiger partial charge >= 0.3 is 18.9 Å². The molecule has 0 aliphatic heterocycles. The number of aryl methyl sites for hydroxylation is 1. The molecule has 0 bridgehead atoms. The molecule has 0 spiro atoms. The standard InChI is InChI=1S/C14H11Cl2OP.Li.H/c1-9-7-8-11(15)12(13(9)16)14(17)18-10-5-3-2-4-6-10;;/h2-8,18H,1H3;;. The third-order valence-corrected chi connectivity index (χ3v) is 4.44. The van der Waals surface area contributed by atoms with E-state index in [1.807, 2.05) is 43.3 Å². The molecule has 94 valence electrons. The SMILES string of the molecule is Cc1ccc(Cl)c(C(=O)Pc2ccccc2)c1Cl.[LiH]. The van der Waals surface area contributed by atoms with Gasteiger partial charge in [0, 0.05) is 0 Å². The van der Waals surface area contributed by atoms with Crippen molar-refractivity contribution in [3.63, 3.8) is 0 Å². The van der Waals surface area contributed by atoms with E-state index in [0.717, 1.165) is 10.9 Å². The maximum atomic E-state index is 12.3. The maximum absolute atomic E-state index is 12.3. The summed E-state index contributed by atoms with van der Waals surface area (Å²) in [6.45, 7) is 1.86. The van der Waals surface area contributed by atoms with Crippen molar-refractivity contribution in [3.8, 4) is 0 Å². The Labute approximate surface area is 136 Å². The van der Waals surface area contributed by atoms with Crippen LogP contribution in [0.1, 0.15) is 15.9 Å². The number of rotatable bonds is 3. The number of carbonyl (C=O) groups is 1. The Morgan fingerprint density at radius 2 is 1.68 bits per heavy atom. The molecule has 0 heterocycles. The second-order valence-corrected chi connectivity index (χ2v) is 5.94.